The van der Waals surface area contributed by atoms with Crippen molar-refractivity contribution in [1.82, 2.24) is 0 Å². The van der Waals surface area contributed by atoms with E-state index in [0.29, 0.717) is 0 Å². The number of halogens is 2. The Morgan fingerprint density at radius 3 is 1.88 bits per heavy atom. The van der Waals surface area contributed by atoms with Gasteiger partial charge in [-0.25, -0.2) is 0 Å². The van der Waals surface area contributed by atoms with Gasteiger partial charge >= 0.3 is 254 Å². The van der Waals surface area contributed by atoms with E-state index in [1.807, 2.05) is 6.55 Å². The normalized spacial score (nSPS) is 18.2. The van der Waals surface area contributed by atoms with Gasteiger partial charge in [-0.15, -0.1) is 0 Å². The Balaban J connectivity index is 0.00000202. The van der Waals surface area contributed by atoms with Crippen molar-refractivity contribution >= 4 is 6.48 Å². The molecule has 0 spiro atoms. The summed E-state index contributed by atoms with van der Waals surface area (Å²) in [6, 6.07) is 12.5. The van der Waals surface area contributed by atoms with E-state index in [1.54, 1.807) is 22.3 Å². The maximum atomic E-state index is 2.59. The van der Waals surface area contributed by atoms with Crippen molar-refractivity contribution in [3.05, 3.63) is 74.1 Å². The molecule has 0 unspecified atom stereocenters. The Hall–Kier alpha value is -0.747. The molecule has 2 fully saturated rings. The second-order valence-corrected chi connectivity index (χ2v) is 22.0. The molecule has 4 aliphatic carbocycles. The minimum absolute atomic E-state index is 0. The molecule has 0 nitrogen and oxygen atoms in total. The van der Waals surface area contributed by atoms with Gasteiger partial charge in [0.25, 0.3) is 0 Å². The zero-order valence-corrected chi connectivity index (χ0v) is 31.0. The molecule has 226 valence electrons. The fraction of sp³-hybridized carbons (Fsp3) is 0.564. The molecule has 6 rings (SSSR count). The Morgan fingerprint density at radius 1 is 0.762 bits per heavy atom. The van der Waals surface area contributed by atoms with E-state index in [4.69, 9.17) is 0 Å². The van der Waals surface area contributed by atoms with Crippen molar-refractivity contribution in [2.24, 2.45) is 11.8 Å². The molecule has 0 radical (unpaired) electrons. The topological polar surface area (TPSA) is 0 Å². The van der Waals surface area contributed by atoms with Crippen LogP contribution in [0, 0.1) is 11.8 Å². The Bertz CT molecular complexity index is 1350. The Kier molecular flexibility index (Phi) is 11.1. The van der Waals surface area contributed by atoms with E-state index in [1.165, 1.54) is 81.8 Å². The summed E-state index contributed by atoms with van der Waals surface area (Å²) in [5.74, 6) is 1.90. The summed E-state index contributed by atoms with van der Waals surface area (Å²) >= 11 is -2.34. The Morgan fingerprint density at radius 2 is 1.36 bits per heavy atom. The molecule has 42 heavy (non-hydrogen) atoms. The van der Waals surface area contributed by atoms with E-state index in [9.17, 15) is 0 Å². The first-order valence-corrected chi connectivity index (χ1v) is 20.2. The fourth-order valence-corrected chi connectivity index (χ4v) is 18.0. The van der Waals surface area contributed by atoms with Crippen molar-refractivity contribution in [1.29, 1.82) is 0 Å². The summed E-state index contributed by atoms with van der Waals surface area (Å²) in [7, 11) is 0. The molecule has 0 amide bonds. The van der Waals surface area contributed by atoms with E-state index in [2.05, 4.69) is 93.3 Å². The van der Waals surface area contributed by atoms with E-state index < -0.39 is 21.3 Å². The predicted octanol–water partition coefficient (Wildman–Crippen LogP) is 4.28. The van der Waals surface area contributed by atoms with Crippen LogP contribution < -0.4 is 28.1 Å². The largest absolute Gasteiger partial charge is 1.00 e. The zero-order chi connectivity index (χ0) is 28.1. The smallest absolute Gasteiger partial charge is 1.00 e. The standard InChI is InChI=1S/C21H25.C13H22.C5H5.2ClH.Zr/c1-20(2,3)16-7-9-18-14(12-16)11-15-13-17(21(4,5)6)8-10-19(15)18;1-2-7-12(6-1)10-5-11-13-8-3-4-9-13;1-2-4-5-3-1;;;/h7-10,12H,11H2,1-6H3;12-13H,1-4,6-11H2;1-3H,4H2;2*1H;/q;;;;;+2/p-2. The zero-order valence-electron chi connectivity index (χ0n) is 27.0. The summed E-state index contributed by atoms with van der Waals surface area (Å²) < 4.78 is 5.84. The van der Waals surface area contributed by atoms with Crippen molar-refractivity contribution < 1.29 is 46.1 Å². The summed E-state index contributed by atoms with van der Waals surface area (Å²) in [5.41, 5.74) is 9.88. The van der Waals surface area contributed by atoms with Gasteiger partial charge in [-0.05, 0) is 0 Å². The SMILES string of the molecule is CC(C)(C)c1ccc2c(c1)Cc1c-2ccc(C(C)(C)C)[c]1[Zr+2]([C]1=CC=CC1)=[C](CC1CCCC1)CC1CCCC1.[Cl-].[Cl-]. The minimum atomic E-state index is -2.34. The van der Waals surface area contributed by atoms with Gasteiger partial charge in [0.2, 0.25) is 0 Å². The molecule has 2 aromatic carbocycles. The molecule has 0 aromatic heterocycles. The van der Waals surface area contributed by atoms with Gasteiger partial charge in [0.15, 0.2) is 0 Å². The van der Waals surface area contributed by atoms with Crippen LogP contribution in [0.3, 0.4) is 0 Å². The van der Waals surface area contributed by atoms with Gasteiger partial charge in [-0.2, -0.15) is 0 Å². The molecule has 4 aliphatic rings. The number of fused-ring (bicyclic) bond motifs is 3. The maximum absolute atomic E-state index is 2.59. The molecule has 0 heterocycles. The quantitative estimate of drug-likeness (QED) is 0.365. The monoisotopic (exact) mass is 680 g/mol. The van der Waals surface area contributed by atoms with Crippen LogP contribution in [0.4, 0.5) is 0 Å². The third-order valence-corrected chi connectivity index (χ3v) is 18.3. The van der Waals surface area contributed by atoms with Crippen LogP contribution in [0.25, 0.3) is 11.1 Å². The molecular weight excluding hydrogens is 631 g/mol. The van der Waals surface area contributed by atoms with Crippen LogP contribution >= 0.6 is 0 Å². The first-order chi connectivity index (χ1) is 19.1. The van der Waals surface area contributed by atoms with Crippen LogP contribution in [0.5, 0.6) is 0 Å². The average molecular weight is 683 g/mol. The van der Waals surface area contributed by atoms with Crippen LogP contribution in [0.2, 0.25) is 0 Å². The summed E-state index contributed by atoms with van der Waals surface area (Å²) in [4.78, 5) is 0. The first-order valence-electron chi connectivity index (χ1n) is 16.5. The van der Waals surface area contributed by atoms with Crippen molar-refractivity contribution in [3.8, 4) is 11.1 Å². The van der Waals surface area contributed by atoms with Crippen LogP contribution in [-0.2, 0) is 38.5 Å². The molecule has 2 saturated carbocycles. The molecule has 3 heteroatoms. The molecule has 0 N–H and O–H groups in total. The Labute approximate surface area is 277 Å². The minimum Gasteiger partial charge on any atom is -1.00 e. The van der Waals surface area contributed by atoms with Crippen LogP contribution in [0.15, 0.2) is 51.8 Å². The van der Waals surface area contributed by atoms with Gasteiger partial charge in [0.05, 0.1) is 0 Å². The third-order valence-electron chi connectivity index (χ3n) is 10.5. The number of hydrogen-bond acceptors (Lipinski definition) is 0. The van der Waals surface area contributed by atoms with Crippen molar-refractivity contribution in [3.63, 3.8) is 0 Å². The maximum Gasteiger partial charge on any atom is -1.00 e. The number of hydrogen-bond donors (Lipinski definition) is 0. The fourth-order valence-electron chi connectivity index (χ4n) is 8.26. The van der Waals surface area contributed by atoms with Gasteiger partial charge in [-0.1, -0.05) is 0 Å². The molecule has 0 saturated heterocycles. The molecule has 0 aliphatic heterocycles. The van der Waals surface area contributed by atoms with Crippen molar-refractivity contribution in [2.45, 2.75) is 129 Å². The molecule has 0 atom stereocenters. The van der Waals surface area contributed by atoms with Gasteiger partial charge in [0, 0.05) is 0 Å². The summed E-state index contributed by atoms with van der Waals surface area (Å²) in [5, 5.41) is 0. The van der Waals surface area contributed by atoms with Gasteiger partial charge in [0.1, 0.15) is 0 Å². The molecule has 0 bridgehead atoms. The summed E-state index contributed by atoms with van der Waals surface area (Å²) in [6.45, 7) is 14.5. The van der Waals surface area contributed by atoms with Gasteiger partial charge in [-0.3, -0.25) is 0 Å². The van der Waals surface area contributed by atoms with Crippen molar-refractivity contribution in [2.75, 3.05) is 0 Å². The van der Waals surface area contributed by atoms with Crippen LogP contribution in [0.1, 0.15) is 134 Å². The second-order valence-electron chi connectivity index (χ2n) is 15.6. The average Bonchev–Trinajstić information content (AvgIpc) is 3.70. The summed E-state index contributed by atoms with van der Waals surface area (Å²) in [6.07, 6.45) is 24.4. The van der Waals surface area contributed by atoms with E-state index >= 15 is 0 Å². The predicted molar refractivity (Wildman–Crippen MR) is 172 cm³/mol. The van der Waals surface area contributed by atoms with E-state index in [0.717, 1.165) is 18.3 Å². The second kappa shape index (κ2) is 13.7. The van der Waals surface area contributed by atoms with Gasteiger partial charge < -0.3 is 24.8 Å². The number of rotatable bonds is 6. The first kappa shape index (κ1) is 34.1. The molecule has 2 aromatic rings. The molecular formula is C39H52Cl2Zr. The van der Waals surface area contributed by atoms with E-state index in [-0.39, 0.29) is 35.6 Å². The number of benzene rings is 2. The third kappa shape index (κ3) is 7.05. The van der Waals surface area contributed by atoms with Crippen LogP contribution in [-0.4, -0.2) is 3.21 Å². The number of allylic oxidation sites excluding steroid dienone is 4.